The number of nitrogens with one attached hydrogen (secondary N) is 1. The van der Waals surface area contributed by atoms with E-state index in [1.165, 1.54) is 0 Å². The molecule has 4 N–H and O–H groups in total. The molecule has 0 aromatic carbocycles. The average molecular weight is 255 g/mol. The van der Waals surface area contributed by atoms with Gasteiger partial charge in [0.05, 0.1) is 0 Å². The van der Waals surface area contributed by atoms with Crippen LogP contribution in [0.2, 0.25) is 0 Å². The normalized spacial score (nSPS) is 13.8. The molecule has 16 heavy (non-hydrogen) atoms. The number of nitrogens with zero attached hydrogens (tertiary/aromatic N) is 1. The summed E-state index contributed by atoms with van der Waals surface area (Å²) in [5.74, 6) is -0.747. The number of halogens is 3. The highest BCUT2D eigenvalue weighted by atomic mass is 32.2. The highest BCUT2D eigenvalue weighted by Gasteiger charge is 2.38. The van der Waals surface area contributed by atoms with Crippen molar-refractivity contribution in [3.05, 3.63) is 16.4 Å². The SMILES string of the molecule is Nc1cc(=O)[nH]c(SCC(O)C(F)(F)F)n1. The van der Waals surface area contributed by atoms with E-state index in [-0.39, 0.29) is 11.0 Å². The lowest BCUT2D eigenvalue weighted by atomic mass is 10.4. The van der Waals surface area contributed by atoms with Gasteiger partial charge in [-0.2, -0.15) is 13.2 Å². The number of rotatable bonds is 3. The van der Waals surface area contributed by atoms with Crippen LogP contribution in [0, 0.1) is 0 Å². The molecule has 0 aliphatic rings. The highest BCUT2D eigenvalue weighted by molar-refractivity contribution is 7.99. The molecular formula is C7H8F3N3O2S. The Labute approximate surface area is 91.9 Å². The fourth-order valence-electron chi connectivity index (χ4n) is 0.774. The fourth-order valence-corrected chi connectivity index (χ4v) is 1.62. The second-order valence-electron chi connectivity index (χ2n) is 2.84. The van der Waals surface area contributed by atoms with Crippen LogP contribution in [0.15, 0.2) is 16.0 Å². The summed E-state index contributed by atoms with van der Waals surface area (Å²) in [5, 5.41) is 8.63. The number of aliphatic hydroxyl groups excluding tert-OH is 1. The largest absolute Gasteiger partial charge is 0.415 e. The molecule has 0 saturated heterocycles. The summed E-state index contributed by atoms with van der Waals surface area (Å²) in [6, 6.07) is 1.00. The van der Waals surface area contributed by atoms with E-state index in [0.717, 1.165) is 6.07 Å². The van der Waals surface area contributed by atoms with Gasteiger partial charge in [-0.3, -0.25) is 4.79 Å². The molecule has 0 radical (unpaired) electrons. The van der Waals surface area contributed by atoms with E-state index in [4.69, 9.17) is 10.8 Å². The number of hydrogen-bond acceptors (Lipinski definition) is 5. The predicted octanol–water partition coefficient (Wildman–Crippen LogP) is 0.367. The molecule has 1 aromatic heterocycles. The summed E-state index contributed by atoms with van der Waals surface area (Å²) < 4.78 is 35.8. The van der Waals surface area contributed by atoms with Crippen molar-refractivity contribution in [1.82, 2.24) is 9.97 Å². The molecule has 1 atom stereocenters. The van der Waals surface area contributed by atoms with Crippen LogP contribution in [-0.2, 0) is 0 Å². The fraction of sp³-hybridized carbons (Fsp3) is 0.429. The zero-order valence-electron chi connectivity index (χ0n) is 7.78. The van der Waals surface area contributed by atoms with Crippen molar-refractivity contribution in [3.63, 3.8) is 0 Å². The summed E-state index contributed by atoms with van der Waals surface area (Å²) in [6.07, 6.45) is -7.16. The summed E-state index contributed by atoms with van der Waals surface area (Å²) >= 11 is 0.567. The van der Waals surface area contributed by atoms with Gasteiger partial charge in [0.15, 0.2) is 11.3 Å². The summed E-state index contributed by atoms with van der Waals surface area (Å²) in [5.41, 5.74) is 4.66. The lowest BCUT2D eigenvalue weighted by molar-refractivity contribution is -0.195. The Morgan fingerprint density at radius 2 is 2.25 bits per heavy atom. The molecule has 0 bridgehead atoms. The van der Waals surface area contributed by atoms with Gasteiger partial charge < -0.3 is 15.8 Å². The minimum atomic E-state index is -4.69. The Hall–Kier alpha value is -1.22. The molecule has 90 valence electrons. The molecule has 0 spiro atoms. The second kappa shape index (κ2) is 4.74. The van der Waals surface area contributed by atoms with Crippen molar-refractivity contribution in [2.45, 2.75) is 17.4 Å². The van der Waals surface area contributed by atoms with Gasteiger partial charge in [0.25, 0.3) is 5.56 Å². The van der Waals surface area contributed by atoms with Gasteiger partial charge in [0.2, 0.25) is 0 Å². The lowest BCUT2D eigenvalue weighted by Gasteiger charge is -2.13. The first-order chi connectivity index (χ1) is 7.29. The van der Waals surface area contributed by atoms with E-state index in [0.29, 0.717) is 11.8 Å². The van der Waals surface area contributed by atoms with Crippen LogP contribution in [0.3, 0.4) is 0 Å². The maximum absolute atomic E-state index is 11.9. The third-order valence-corrected chi connectivity index (χ3v) is 2.44. The summed E-state index contributed by atoms with van der Waals surface area (Å²) in [6.45, 7) is 0. The first-order valence-electron chi connectivity index (χ1n) is 4.03. The van der Waals surface area contributed by atoms with Gasteiger partial charge in [-0.15, -0.1) is 0 Å². The molecule has 1 unspecified atom stereocenters. The lowest BCUT2D eigenvalue weighted by Crippen LogP contribution is -2.30. The molecule has 1 aromatic rings. The van der Waals surface area contributed by atoms with E-state index >= 15 is 0 Å². The smallest absolute Gasteiger partial charge is 0.383 e. The van der Waals surface area contributed by atoms with Gasteiger partial charge >= 0.3 is 6.18 Å². The van der Waals surface area contributed by atoms with Crippen molar-refractivity contribution >= 4 is 17.6 Å². The average Bonchev–Trinajstić information content (AvgIpc) is 2.11. The number of nitrogen functional groups attached to an aromatic ring is 1. The zero-order valence-corrected chi connectivity index (χ0v) is 8.60. The molecule has 1 rings (SSSR count). The molecule has 0 fully saturated rings. The molecule has 0 aliphatic heterocycles. The third kappa shape index (κ3) is 3.74. The van der Waals surface area contributed by atoms with E-state index in [1.54, 1.807) is 0 Å². The Kier molecular flexibility index (Phi) is 3.81. The quantitative estimate of drug-likeness (QED) is 0.536. The molecular weight excluding hydrogens is 247 g/mol. The van der Waals surface area contributed by atoms with Gasteiger partial charge in [-0.25, -0.2) is 4.98 Å². The molecule has 0 amide bonds. The minimum Gasteiger partial charge on any atom is -0.383 e. The van der Waals surface area contributed by atoms with Crippen LogP contribution in [0.5, 0.6) is 0 Å². The van der Waals surface area contributed by atoms with Crippen LogP contribution in [0.25, 0.3) is 0 Å². The number of hydrogen-bond donors (Lipinski definition) is 3. The minimum absolute atomic E-state index is 0.0618. The monoisotopic (exact) mass is 255 g/mol. The Morgan fingerprint density at radius 1 is 1.62 bits per heavy atom. The Morgan fingerprint density at radius 3 is 2.75 bits per heavy atom. The van der Waals surface area contributed by atoms with Gasteiger partial charge in [0, 0.05) is 11.8 Å². The van der Waals surface area contributed by atoms with Crippen LogP contribution in [0.4, 0.5) is 19.0 Å². The van der Waals surface area contributed by atoms with E-state index in [9.17, 15) is 18.0 Å². The van der Waals surface area contributed by atoms with E-state index in [1.807, 2.05) is 0 Å². The number of aliphatic hydroxyl groups is 1. The summed E-state index contributed by atoms with van der Waals surface area (Å²) in [4.78, 5) is 16.7. The molecule has 9 heteroatoms. The van der Waals surface area contributed by atoms with E-state index < -0.39 is 23.6 Å². The first-order valence-corrected chi connectivity index (χ1v) is 5.02. The van der Waals surface area contributed by atoms with Crippen molar-refractivity contribution in [3.8, 4) is 0 Å². The number of anilines is 1. The van der Waals surface area contributed by atoms with Crippen molar-refractivity contribution in [2.24, 2.45) is 0 Å². The molecule has 0 saturated carbocycles. The van der Waals surface area contributed by atoms with Crippen LogP contribution in [0.1, 0.15) is 0 Å². The number of aromatic nitrogens is 2. The van der Waals surface area contributed by atoms with Crippen LogP contribution >= 0.6 is 11.8 Å². The standard InChI is InChI=1S/C7H8F3N3O2S/c8-7(9,10)3(14)2-16-6-12-4(11)1-5(15)13-6/h1,3,14H,2H2,(H3,11,12,13,15). The highest BCUT2D eigenvalue weighted by Crippen LogP contribution is 2.24. The van der Waals surface area contributed by atoms with Crippen LogP contribution < -0.4 is 11.3 Å². The maximum atomic E-state index is 11.9. The topological polar surface area (TPSA) is 92.0 Å². The Balaban J connectivity index is 2.65. The number of thioether (sulfide) groups is 1. The maximum Gasteiger partial charge on any atom is 0.415 e. The van der Waals surface area contributed by atoms with Gasteiger partial charge in [-0.1, -0.05) is 11.8 Å². The predicted molar refractivity (Wildman–Crippen MR) is 52.1 cm³/mol. The third-order valence-electron chi connectivity index (χ3n) is 1.50. The van der Waals surface area contributed by atoms with Crippen molar-refractivity contribution < 1.29 is 18.3 Å². The molecule has 0 aliphatic carbocycles. The van der Waals surface area contributed by atoms with Crippen molar-refractivity contribution in [2.75, 3.05) is 11.5 Å². The molecule has 5 nitrogen and oxygen atoms in total. The zero-order chi connectivity index (χ0) is 12.3. The summed E-state index contributed by atoms with van der Waals surface area (Å²) in [7, 11) is 0. The number of nitrogens with two attached hydrogens (primary N) is 1. The van der Waals surface area contributed by atoms with Gasteiger partial charge in [-0.05, 0) is 0 Å². The second-order valence-corrected chi connectivity index (χ2v) is 3.85. The number of alkyl halides is 3. The van der Waals surface area contributed by atoms with E-state index in [2.05, 4.69) is 9.97 Å². The van der Waals surface area contributed by atoms with Crippen LogP contribution in [-0.4, -0.2) is 33.1 Å². The Bertz CT molecular complexity index is 420. The number of aromatic amines is 1. The first kappa shape index (κ1) is 12.8. The van der Waals surface area contributed by atoms with Gasteiger partial charge in [0.1, 0.15) is 5.82 Å². The number of H-pyrrole nitrogens is 1. The molecule has 1 heterocycles. The van der Waals surface area contributed by atoms with Crippen molar-refractivity contribution in [1.29, 1.82) is 0 Å².